The molecule has 0 aliphatic rings. The summed E-state index contributed by atoms with van der Waals surface area (Å²) < 4.78 is 0. The molecule has 0 heterocycles. The van der Waals surface area contributed by atoms with Gasteiger partial charge in [-0.2, -0.15) is 35.4 Å². The van der Waals surface area contributed by atoms with Gasteiger partial charge in [-0.05, 0) is 0 Å². The summed E-state index contributed by atoms with van der Waals surface area (Å²) in [5, 5.41) is 0. The van der Waals surface area contributed by atoms with E-state index in [1.165, 1.54) is 22.3 Å². The van der Waals surface area contributed by atoms with Crippen molar-refractivity contribution in [3.05, 3.63) is 58.7 Å². The Hall–Kier alpha value is 2.11. The van der Waals surface area contributed by atoms with E-state index in [9.17, 15) is 0 Å². The van der Waals surface area contributed by atoms with Crippen molar-refractivity contribution in [3.63, 3.8) is 0 Å². The Morgan fingerprint density at radius 2 is 0.909 bits per heavy atom. The minimum atomic E-state index is 0. The van der Waals surface area contributed by atoms with E-state index in [1.54, 1.807) is 0 Å². The molecule has 2 aromatic rings. The van der Waals surface area contributed by atoms with Crippen molar-refractivity contribution in [2.75, 3.05) is 0 Å². The van der Waals surface area contributed by atoms with Crippen molar-refractivity contribution in [1.29, 1.82) is 0 Å². The first-order valence-corrected chi connectivity index (χ1v) is 9.22. The summed E-state index contributed by atoms with van der Waals surface area (Å²) in [6, 6.07) is 12.8. The Morgan fingerprint density at radius 3 is 0.955 bits per heavy atom. The summed E-state index contributed by atoms with van der Waals surface area (Å²) in [6.07, 6.45) is 0. The number of hydrogen-bond acceptors (Lipinski definition) is 0. The van der Waals surface area contributed by atoms with Crippen molar-refractivity contribution in [2.45, 2.75) is 40.8 Å². The quantitative estimate of drug-likeness (QED) is 0.220. The van der Waals surface area contributed by atoms with E-state index >= 15 is 0 Å². The zero-order valence-electron chi connectivity index (χ0n) is 14.4. The Bertz CT molecular complexity index is 344. The van der Waals surface area contributed by atoms with Crippen LogP contribution in [0.15, 0.2) is 36.4 Å². The second kappa shape index (κ2) is 25.3. The van der Waals surface area contributed by atoms with Crippen LogP contribution in [0, 0.1) is 27.7 Å². The number of rotatable bonds is 0. The van der Waals surface area contributed by atoms with Crippen molar-refractivity contribution in [3.8, 4) is 0 Å². The van der Waals surface area contributed by atoms with E-state index in [2.05, 4.69) is 77.2 Å². The molecule has 0 nitrogen and oxygen atoms in total. The maximum atomic E-state index is 2.26. The molecular formula is C16H26Cl2Hf3Si+8. The zero-order valence-corrected chi connectivity index (χ0v) is 28.1. The van der Waals surface area contributed by atoms with Crippen LogP contribution in [0.3, 0.4) is 0 Å². The topological polar surface area (TPSA) is 0 Å². The van der Waals surface area contributed by atoms with Crippen molar-refractivity contribution in [2.24, 2.45) is 0 Å². The molecule has 0 radical (unpaired) electrons. The third-order valence-corrected chi connectivity index (χ3v) is 2.13. The van der Waals surface area contributed by atoms with E-state index in [4.69, 9.17) is 0 Å². The van der Waals surface area contributed by atoms with Gasteiger partial charge in [0.25, 0.3) is 0 Å². The van der Waals surface area contributed by atoms with Crippen LogP contribution >= 0.6 is 0 Å². The Morgan fingerprint density at radius 1 is 0.682 bits per heavy atom. The van der Waals surface area contributed by atoms with Gasteiger partial charge >= 0.3 is 77.5 Å². The average Bonchev–Trinajstić information content (AvgIpc) is 2.78. The van der Waals surface area contributed by atoms with Gasteiger partial charge in [-0.1, -0.05) is 40.8 Å². The second-order valence-corrected chi connectivity index (χ2v) is 6.05. The maximum Gasteiger partial charge on any atom is 4.00 e. The summed E-state index contributed by atoms with van der Waals surface area (Å²) >= 11 is 0. The third-order valence-electron chi connectivity index (χ3n) is 2.13. The molecule has 6 heteroatoms. The predicted molar refractivity (Wildman–Crippen MR) is 83.3 cm³/mol. The van der Waals surface area contributed by atoms with Gasteiger partial charge in [-0.25, -0.2) is 23.3 Å². The van der Waals surface area contributed by atoms with Crippen LogP contribution in [0.2, 0.25) is 13.1 Å². The molecule has 0 fully saturated rings. The molecule has 0 N–H and O–H groups in total. The Kier molecular flexibility index (Phi) is 45.2. The van der Waals surface area contributed by atoms with Crippen LogP contribution in [-0.2, 0) is 77.5 Å². The van der Waals surface area contributed by atoms with E-state index in [1.807, 2.05) is 0 Å². The molecule has 0 aliphatic carbocycles. The van der Waals surface area contributed by atoms with Gasteiger partial charge in [-0.15, -0.1) is 0 Å². The summed E-state index contributed by atoms with van der Waals surface area (Å²) in [7, 11) is 0.417. The van der Waals surface area contributed by atoms with Gasteiger partial charge in [0, 0.05) is 9.52 Å². The van der Waals surface area contributed by atoms with Gasteiger partial charge in [0.2, 0.25) is 0 Å². The van der Waals surface area contributed by atoms with Crippen LogP contribution < -0.4 is 24.8 Å². The van der Waals surface area contributed by atoms with E-state index in [0.29, 0.717) is 9.52 Å². The summed E-state index contributed by atoms with van der Waals surface area (Å²) in [5.74, 6) is 0. The normalized spacial score (nSPS) is 6.82. The standard InChI is InChI=1S/2C7H9.C2H8Si.2ClH.3Hf/c2*1-6-3-4-7(2)5-6;1-3-2;;;;;/h2*3-5H,1-2H3;3H2,1-2H3;2*1H;;;/q2*-1;;;;3*+4/p-2. The zero-order chi connectivity index (χ0) is 13.3. The van der Waals surface area contributed by atoms with E-state index in [-0.39, 0.29) is 102 Å². The van der Waals surface area contributed by atoms with Crippen molar-refractivity contribution >= 4 is 9.52 Å². The molecule has 112 valence electrons. The van der Waals surface area contributed by atoms with Crippen LogP contribution in [0.5, 0.6) is 0 Å². The molecule has 0 amide bonds. The first-order chi connectivity index (χ1) is 7.99. The molecule has 2 rings (SSSR count). The molecule has 0 aliphatic heterocycles. The molecule has 0 spiro atoms. The average molecular weight is 853 g/mol. The minimum absolute atomic E-state index is 0. The molecule has 0 bridgehead atoms. The van der Waals surface area contributed by atoms with Crippen LogP contribution in [0.25, 0.3) is 0 Å². The fourth-order valence-electron chi connectivity index (χ4n) is 1.44. The molecule has 2 aromatic carbocycles. The van der Waals surface area contributed by atoms with Gasteiger partial charge < -0.3 is 24.8 Å². The minimum Gasteiger partial charge on any atom is -1.00 e. The fourth-order valence-corrected chi connectivity index (χ4v) is 1.44. The number of aryl methyl sites for hydroxylation is 4. The van der Waals surface area contributed by atoms with Crippen LogP contribution in [0.1, 0.15) is 22.3 Å². The SMILES string of the molecule is C[SiH2]C.Cc1c[cH-]c(C)c1.Cc1c[cH-]c(C)c1.[Cl-].[Cl-].[Hf+4].[Hf+4].[Hf+4]. The third kappa shape index (κ3) is 24.4. The fraction of sp³-hybridized carbons (Fsp3) is 0.375. The number of hydrogen-bond donors (Lipinski definition) is 0. The molecule has 22 heavy (non-hydrogen) atoms. The number of halogens is 2. The Labute approximate surface area is 208 Å². The second-order valence-electron chi connectivity index (χ2n) is 4.64. The monoisotopic (exact) mass is 856 g/mol. The van der Waals surface area contributed by atoms with Crippen molar-refractivity contribution < 1.29 is 102 Å². The predicted octanol–water partition coefficient (Wildman–Crippen LogP) is -1.70. The maximum absolute atomic E-state index is 2.26. The van der Waals surface area contributed by atoms with Crippen molar-refractivity contribution in [1.82, 2.24) is 0 Å². The van der Waals surface area contributed by atoms with E-state index < -0.39 is 0 Å². The summed E-state index contributed by atoms with van der Waals surface area (Å²) in [4.78, 5) is 0. The van der Waals surface area contributed by atoms with Gasteiger partial charge in [-0.3, -0.25) is 0 Å². The molecule has 0 unspecified atom stereocenters. The van der Waals surface area contributed by atoms with E-state index in [0.717, 1.165) is 0 Å². The molecular weight excluding hydrogens is 827 g/mol. The molecule has 0 atom stereocenters. The molecule has 0 aromatic heterocycles. The first-order valence-electron chi connectivity index (χ1n) is 6.39. The van der Waals surface area contributed by atoms with Gasteiger partial charge in [0.15, 0.2) is 0 Å². The van der Waals surface area contributed by atoms with Gasteiger partial charge in [0.1, 0.15) is 0 Å². The smallest absolute Gasteiger partial charge is 1.00 e. The largest absolute Gasteiger partial charge is 4.00 e. The van der Waals surface area contributed by atoms with Gasteiger partial charge in [0.05, 0.1) is 0 Å². The molecule has 0 saturated carbocycles. The van der Waals surface area contributed by atoms with Crippen LogP contribution in [0.4, 0.5) is 0 Å². The molecule has 0 saturated heterocycles. The Balaban J connectivity index is -0.0000000415. The first kappa shape index (κ1) is 39.3. The summed E-state index contributed by atoms with van der Waals surface area (Å²) in [5.41, 5.74) is 5.44. The van der Waals surface area contributed by atoms with Crippen LogP contribution in [-0.4, -0.2) is 9.52 Å². The summed E-state index contributed by atoms with van der Waals surface area (Å²) in [6.45, 7) is 12.9.